The molecular weight excluding hydrogens is 414 g/mol. The number of ether oxygens (including phenoxy) is 3. The van der Waals surface area contributed by atoms with E-state index in [9.17, 15) is 5.11 Å². The number of likely N-dealkylation sites (tertiary alicyclic amines) is 1. The first kappa shape index (κ1) is 23.2. The Bertz CT molecular complexity index is 721. The summed E-state index contributed by atoms with van der Waals surface area (Å²) in [6.07, 6.45) is 13.7. The van der Waals surface area contributed by atoms with E-state index in [-0.39, 0.29) is 17.9 Å². The van der Waals surface area contributed by atoms with Crippen LogP contribution in [0.3, 0.4) is 0 Å². The van der Waals surface area contributed by atoms with Crippen molar-refractivity contribution in [3.05, 3.63) is 0 Å². The van der Waals surface area contributed by atoms with Gasteiger partial charge in [-0.25, -0.2) is 0 Å². The fourth-order valence-electron chi connectivity index (χ4n) is 9.87. The second kappa shape index (κ2) is 8.44. The highest BCUT2D eigenvalue weighted by Crippen LogP contribution is 2.69. The van der Waals surface area contributed by atoms with E-state index in [1.807, 2.05) is 0 Å². The molecule has 0 radical (unpaired) electrons. The zero-order valence-corrected chi connectivity index (χ0v) is 21.3. The van der Waals surface area contributed by atoms with Gasteiger partial charge in [-0.05, 0) is 101 Å². The number of nitrogens with zero attached hydrogens (tertiary/aromatic N) is 1. The lowest BCUT2D eigenvalue weighted by atomic mass is 9.43. The van der Waals surface area contributed by atoms with E-state index in [4.69, 9.17) is 14.2 Å². The molecule has 33 heavy (non-hydrogen) atoms. The van der Waals surface area contributed by atoms with Crippen molar-refractivity contribution < 1.29 is 19.3 Å². The van der Waals surface area contributed by atoms with Gasteiger partial charge in [0.25, 0.3) is 0 Å². The third-order valence-electron chi connectivity index (χ3n) is 11.9. The highest BCUT2D eigenvalue weighted by Gasteiger charge is 2.68. The van der Waals surface area contributed by atoms with E-state index in [0.29, 0.717) is 42.5 Å². The first-order chi connectivity index (χ1) is 15.8. The molecule has 6 fully saturated rings. The van der Waals surface area contributed by atoms with Gasteiger partial charge >= 0.3 is 0 Å². The lowest BCUT2D eigenvalue weighted by Crippen LogP contribution is -2.63. The minimum Gasteiger partial charge on any atom is -0.389 e. The minimum atomic E-state index is -0.554. The Morgan fingerprint density at radius 1 is 0.879 bits per heavy atom. The average molecular weight is 462 g/mol. The first-order valence-corrected chi connectivity index (χ1v) is 14.2. The minimum absolute atomic E-state index is 0.0716. The van der Waals surface area contributed by atoms with Gasteiger partial charge in [0.2, 0.25) is 0 Å². The Hall–Kier alpha value is -0.200. The average Bonchev–Trinajstić information content (AvgIpc) is 3.55. The molecule has 0 aromatic carbocycles. The van der Waals surface area contributed by atoms with Gasteiger partial charge < -0.3 is 19.3 Å². The van der Waals surface area contributed by atoms with Gasteiger partial charge in [-0.2, -0.15) is 0 Å². The van der Waals surface area contributed by atoms with E-state index in [1.165, 1.54) is 64.5 Å². The predicted molar refractivity (Wildman–Crippen MR) is 128 cm³/mol. The van der Waals surface area contributed by atoms with Crippen LogP contribution >= 0.6 is 0 Å². The lowest BCUT2D eigenvalue weighted by molar-refractivity contribution is -0.230. The molecule has 0 bridgehead atoms. The molecule has 0 amide bonds. The number of fused-ring (bicyclic) bond motifs is 5. The molecule has 5 nitrogen and oxygen atoms in total. The fourth-order valence-corrected chi connectivity index (χ4v) is 9.87. The number of hydrogen-bond acceptors (Lipinski definition) is 5. The Morgan fingerprint density at radius 2 is 1.61 bits per heavy atom. The lowest BCUT2D eigenvalue weighted by Gasteiger charge is -2.64. The molecule has 4 unspecified atom stereocenters. The summed E-state index contributed by atoms with van der Waals surface area (Å²) < 4.78 is 18.6. The largest absolute Gasteiger partial charge is 0.389 e. The van der Waals surface area contributed by atoms with E-state index in [2.05, 4.69) is 25.7 Å². The maximum atomic E-state index is 12.4. The summed E-state index contributed by atoms with van der Waals surface area (Å²) >= 11 is 0. The first-order valence-electron chi connectivity index (χ1n) is 14.2. The summed E-state index contributed by atoms with van der Waals surface area (Å²) in [5, 5.41) is 12.4. The van der Waals surface area contributed by atoms with Gasteiger partial charge in [0, 0.05) is 24.4 Å². The van der Waals surface area contributed by atoms with Crippen molar-refractivity contribution in [3.8, 4) is 0 Å². The second-order valence-corrected chi connectivity index (χ2v) is 13.0. The molecule has 0 aromatic heterocycles. The molecule has 4 aliphatic carbocycles. The maximum absolute atomic E-state index is 12.4. The highest BCUT2D eigenvalue weighted by atomic mass is 16.7. The highest BCUT2D eigenvalue weighted by molar-refractivity contribution is 5.17. The van der Waals surface area contributed by atoms with Crippen LogP contribution in [0.15, 0.2) is 0 Å². The Kier molecular flexibility index (Phi) is 5.93. The molecule has 2 aliphatic heterocycles. The van der Waals surface area contributed by atoms with Crippen LogP contribution < -0.4 is 0 Å². The predicted octanol–water partition coefficient (Wildman–Crippen LogP) is 4.96. The van der Waals surface area contributed by atoms with E-state index in [1.54, 1.807) is 0 Å². The summed E-state index contributed by atoms with van der Waals surface area (Å²) in [5.74, 6) is 2.17. The zero-order valence-electron chi connectivity index (χ0n) is 21.3. The second-order valence-electron chi connectivity index (χ2n) is 13.0. The van der Waals surface area contributed by atoms with Crippen molar-refractivity contribution in [3.63, 3.8) is 0 Å². The Balaban J connectivity index is 1.16. The van der Waals surface area contributed by atoms with Gasteiger partial charge in [-0.1, -0.05) is 13.8 Å². The van der Waals surface area contributed by atoms with Crippen molar-refractivity contribution in [2.24, 2.45) is 34.5 Å². The Morgan fingerprint density at radius 3 is 2.36 bits per heavy atom. The van der Waals surface area contributed by atoms with Crippen LogP contribution in [-0.2, 0) is 14.2 Å². The van der Waals surface area contributed by atoms with Crippen LogP contribution in [0.4, 0.5) is 0 Å². The summed E-state index contributed by atoms with van der Waals surface area (Å²) in [6.45, 7) is 11.0. The maximum Gasteiger partial charge on any atom is 0.161 e. The molecule has 2 heterocycles. The summed E-state index contributed by atoms with van der Waals surface area (Å²) in [6, 6.07) is 0. The third kappa shape index (κ3) is 3.50. The number of rotatable bonds is 4. The smallest absolute Gasteiger partial charge is 0.161 e. The monoisotopic (exact) mass is 461 g/mol. The van der Waals surface area contributed by atoms with E-state index < -0.39 is 5.60 Å². The van der Waals surface area contributed by atoms with Crippen LogP contribution in [0.1, 0.15) is 91.4 Å². The van der Waals surface area contributed by atoms with Gasteiger partial charge in [0.05, 0.1) is 24.9 Å². The van der Waals surface area contributed by atoms with Crippen LogP contribution in [0, 0.1) is 34.5 Å². The zero-order chi connectivity index (χ0) is 22.8. The molecule has 1 N–H and O–H groups in total. The van der Waals surface area contributed by atoms with Crippen molar-refractivity contribution in [2.75, 3.05) is 26.3 Å². The van der Waals surface area contributed by atoms with E-state index in [0.717, 1.165) is 25.2 Å². The van der Waals surface area contributed by atoms with Crippen LogP contribution in [0.2, 0.25) is 0 Å². The quantitative estimate of drug-likeness (QED) is 0.641. The standard InChI is InChI=1S/C28H47NO4/c1-19(29-14-4-5-15-29)33-21-8-11-26(2)20(18-21)6-7-23-22(26)9-12-27(3)24(10-13-28(23,27)30)25-31-16-17-32-25/h19-25,30H,4-18H2,1-3H3/t19?,20?,21?,22-,23-,24?,26+,27-,28-/m1/s1. The molecular formula is C28H47NO4. The van der Waals surface area contributed by atoms with Crippen LogP contribution in [0.5, 0.6) is 0 Å². The normalized spacial score (nSPS) is 51.8. The molecule has 0 aromatic rings. The SMILES string of the molecule is CC(OC1CC[C@@]2(C)C(CC[C@@H]3[C@H]2CC[C@]2(C)C(C4OCCO4)CC[C@@]32O)C1)N1CCCC1. The van der Waals surface area contributed by atoms with Gasteiger partial charge in [0.1, 0.15) is 6.23 Å². The van der Waals surface area contributed by atoms with Crippen molar-refractivity contribution in [1.82, 2.24) is 4.90 Å². The molecule has 6 rings (SSSR count). The van der Waals surface area contributed by atoms with Crippen molar-refractivity contribution in [1.29, 1.82) is 0 Å². The number of hydrogen-bond donors (Lipinski definition) is 1. The number of aliphatic hydroxyl groups is 1. The topological polar surface area (TPSA) is 51.2 Å². The van der Waals surface area contributed by atoms with Crippen LogP contribution in [-0.4, -0.2) is 60.5 Å². The third-order valence-corrected chi connectivity index (χ3v) is 11.9. The molecule has 2 saturated heterocycles. The molecule has 0 spiro atoms. The summed E-state index contributed by atoms with van der Waals surface area (Å²) in [5.41, 5.74) is -0.269. The van der Waals surface area contributed by atoms with Gasteiger partial charge in [-0.15, -0.1) is 0 Å². The summed E-state index contributed by atoms with van der Waals surface area (Å²) in [4.78, 5) is 2.52. The van der Waals surface area contributed by atoms with Gasteiger partial charge in [0.15, 0.2) is 6.29 Å². The fraction of sp³-hybridized carbons (Fsp3) is 1.00. The molecule has 4 saturated carbocycles. The molecule has 5 heteroatoms. The van der Waals surface area contributed by atoms with Crippen molar-refractivity contribution >= 4 is 0 Å². The van der Waals surface area contributed by atoms with Crippen molar-refractivity contribution in [2.45, 2.75) is 116 Å². The molecule has 188 valence electrons. The summed E-state index contributed by atoms with van der Waals surface area (Å²) in [7, 11) is 0. The molecule has 9 atom stereocenters. The van der Waals surface area contributed by atoms with Gasteiger partial charge in [-0.3, -0.25) is 4.90 Å². The molecule has 6 aliphatic rings. The van der Waals surface area contributed by atoms with Crippen LogP contribution in [0.25, 0.3) is 0 Å². The Labute approximate surface area is 200 Å². The van der Waals surface area contributed by atoms with E-state index >= 15 is 0 Å².